The number of sulfonamides is 1. The smallest absolute Gasteiger partial charge is 0.335 e. The molecule has 0 aliphatic heterocycles. The van der Waals surface area contributed by atoms with E-state index in [0.29, 0.717) is 12.1 Å². The fourth-order valence-corrected chi connectivity index (χ4v) is 3.68. The molecule has 0 aliphatic rings. The number of halogens is 3. The molecule has 134 valence electrons. The first-order valence-corrected chi connectivity index (χ1v) is 8.56. The van der Waals surface area contributed by atoms with Gasteiger partial charge in [-0.05, 0) is 23.6 Å². The van der Waals surface area contributed by atoms with E-state index in [-0.39, 0.29) is 17.0 Å². The second-order valence-electron chi connectivity index (χ2n) is 5.56. The molecule has 0 saturated heterocycles. The molecule has 0 fully saturated rings. The molecule has 2 aromatic rings. The van der Waals surface area contributed by atoms with E-state index in [9.17, 15) is 26.4 Å². The lowest BCUT2D eigenvalue weighted by Crippen LogP contribution is -2.18. The average Bonchev–Trinajstić information content (AvgIpc) is 2.50. The van der Waals surface area contributed by atoms with Gasteiger partial charge >= 0.3 is 5.97 Å². The minimum Gasteiger partial charge on any atom is -0.478 e. The minimum atomic E-state index is -4.52. The van der Waals surface area contributed by atoms with Crippen LogP contribution in [0.3, 0.4) is 0 Å². The summed E-state index contributed by atoms with van der Waals surface area (Å²) in [5, 5.41) is 9.04. The second kappa shape index (κ2) is 6.75. The van der Waals surface area contributed by atoms with Crippen LogP contribution in [0.15, 0.2) is 35.2 Å². The van der Waals surface area contributed by atoms with Gasteiger partial charge in [0, 0.05) is 12.1 Å². The lowest BCUT2D eigenvalue weighted by molar-refractivity contribution is 0.0696. The van der Waals surface area contributed by atoms with E-state index in [1.807, 2.05) is 0 Å². The van der Waals surface area contributed by atoms with Gasteiger partial charge in [-0.25, -0.2) is 26.4 Å². The van der Waals surface area contributed by atoms with Crippen molar-refractivity contribution in [3.63, 3.8) is 0 Å². The summed E-state index contributed by atoms with van der Waals surface area (Å²) in [6.45, 7) is 3.35. The third kappa shape index (κ3) is 3.93. The lowest BCUT2D eigenvalue weighted by Gasteiger charge is -2.16. The van der Waals surface area contributed by atoms with E-state index in [4.69, 9.17) is 5.11 Å². The molecule has 0 aromatic heterocycles. The van der Waals surface area contributed by atoms with Crippen molar-refractivity contribution in [3.8, 4) is 0 Å². The first-order chi connectivity index (χ1) is 11.5. The zero-order chi connectivity index (χ0) is 18.9. The van der Waals surface area contributed by atoms with E-state index in [2.05, 4.69) is 0 Å². The highest BCUT2D eigenvalue weighted by molar-refractivity contribution is 7.92. The summed E-state index contributed by atoms with van der Waals surface area (Å²) in [5.74, 6) is -5.72. The number of carboxylic acid groups (broad SMARTS) is 1. The summed E-state index contributed by atoms with van der Waals surface area (Å²) in [5.41, 5.74) is -1.08. The summed E-state index contributed by atoms with van der Waals surface area (Å²) in [6.07, 6.45) is 0. The van der Waals surface area contributed by atoms with Crippen LogP contribution in [0.5, 0.6) is 0 Å². The third-order valence-corrected chi connectivity index (χ3v) is 4.82. The molecule has 2 N–H and O–H groups in total. The molecule has 0 bridgehead atoms. The van der Waals surface area contributed by atoms with Crippen LogP contribution < -0.4 is 4.72 Å². The zero-order valence-electron chi connectivity index (χ0n) is 13.2. The van der Waals surface area contributed by atoms with E-state index >= 15 is 0 Å². The van der Waals surface area contributed by atoms with E-state index in [0.717, 1.165) is 6.07 Å². The van der Waals surface area contributed by atoms with Crippen LogP contribution in [0.25, 0.3) is 0 Å². The van der Waals surface area contributed by atoms with Crippen molar-refractivity contribution in [3.05, 3.63) is 58.9 Å². The van der Waals surface area contributed by atoms with E-state index in [1.54, 1.807) is 18.6 Å². The van der Waals surface area contributed by atoms with Crippen LogP contribution in [-0.4, -0.2) is 19.5 Å². The van der Waals surface area contributed by atoms with Crippen LogP contribution in [0.1, 0.15) is 35.7 Å². The van der Waals surface area contributed by atoms with E-state index in [1.165, 1.54) is 12.1 Å². The topological polar surface area (TPSA) is 83.5 Å². The molecular weight excluding hydrogens is 359 g/mol. The van der Waals surface area contributed by atoms with Crippen LogP contribution in [0.4, 0.5) is 18.9 Å². The number of aromatic carboxylic acids is 1. The van der Waals surface area contributed by atoms with Crippen molar-refractivity contribution in [2.45, 2.75) is 24.7 Å². The number of hydrogen-bond donors (Lipinski definition) is 2. The maximum atomic E-state index is 13.7. The first kappa shape index (κ1) is 18.8. The maximum Gasteiger partial charge on any atom is 0.335 e. The van der Waals surface area contributed by atoms with Gasteiger partial charge in [-0.3, -0.25) is 4.72 Å². The number of benzene rings is 2. The van der Waals surface area contributed by atoms with Crippen molar-refractivity contribution in [1.29, 1.82) is 0 Å². The molecular formula is C16H14F3NO4S. The van der Waals surface area contributed by atoms with Crippen molar-refractivity contribution in [2.75, 3.05) is 4.72 Å². The Hall–Kier alpha value is -2.55. The van der Waals surface area contributed by atoms with Gasteiger partial charge in [0.25, 0.3) is 10.0 Å². The summed E-state index contributed by atoms with van der Waals surface area (Å²) in [6, 6.07) is 4.12. The third-order valence-electron chi connectivity index (χ3n) is 3.42. The number of carbonyl (C=O) groups is 1. The second-order valence-corrected chi connectivity index (χ2v) is 7.21. The number of anilines is 1. The van der Waals surface area contributed by atoms with Gasteiger partial charge in [-0.1, -0.05) is 19.9 Å². The highest BCUT2D eigenvalue weighted by Gasteiger charge is 2.25. The fraction of sp³-hybridized carbons (Fsp3) is 0.188. The van der Waals surface area contributed by atoms with Crippen LogP contribution in [-0.2, 0) is 10.0 Å². The fourth-order valence-electron chi connectivity index (χ4n) is 2.21. The molecule has 2 rings (SSSR count). The summed E-state index contributed by atoms with van der Waals surface area (Å²) < 4.78 is 67.2. The zero-order valence-corrected chi connectivity index (χ0v) is 14.0. The number of rotatable bonds is 5. The van der Waals surface area contributed by atoms with Gasteiger partial charge in [0.2, 0.25) is 0 Å². The molecule has 0 amide bonds. The van der Waals surface area contributed by atoms with Gasteiger partial charge in [0.05, 0.1) is 10.5 Å². The number of hydrogen-bond acceptors (Lipinski definition) is 3. The highest BCUT2D eigenvalue weighted by Crippen LogP contribution is 2.29. The maximum absolute atomic E-state index is 13.7. The Bertz CT molecular complexity index is 919. The molecule has 0 atom stereocenters. The van der Waals surface area contributed by atoms with Gasteiger partial charge in [-0.15, -0.1) is 0 Å². The molecule has 0 aliphatic carbocycles. The molecule has 5 nitrogen and oxygen atoms in total. The number of nitrogens with one attached hydrogen (secondary N) is 1. The van der Waals surface area contributed by atoms with Gasteiger partial charge in [-0.2, -0.15) is 0 Å². The van der Waals surface area contributed by atoms with Gasteiger partial charge in [0.15, 0.2) is 11.6 Å². The summed E-state index contributed by atoms with van der Waals surface area (Å²) in [7, 11) is -4.52. The summed E-state index contributed by atoms with van der Waals surface area (Å²) in [4.78, 5) is 10.7. The first-order valence-electron chi connectivity index (χ1n) is 7.07. The largest absolute Gasteiger partial charge is 0.478 e. The van der Waals surface area contributed by atoms with Crippen LogP contribution in [0.2, 0.25) is 0 Å². The van der Waals surface area contributed by atoms with Crippen molar-refractivity contribution in [1.82, 2.24) is 0 Å². The molecule has 0 heterocycles. The molecule has 0 spiro atoms. The summed E-state index contributed by atoms with van der Waals surface area (Å²) >= 11 is 0. The standard InChI is InChI=1S/C16H14F3NO4S/c1-8(2)11-4-3-9(16(21)22)5-14(11)25(23,24)20-15-12(18)6-10(17)7-13(15)19/h3-8,20H,1-2H3,(H,21,22). The molecule has 0 saturated carbocycles. The molecule has 2 aromatic carbocycles. The van der Waals surface area contributed by atoms with Crippen LogP contribution >= 0.6 is 0 Å². The monoisotopic (exact) mass is 373 g/mol. The Kier molecular flexibility index (Phi) is 5.07. The predicted molar refractivity (Wildman–Crippen MR) is 84.6 cm³/mol. The van der Waals surface area contributed by atoms with E-state index < -0.39 is 44.0 Å². The Labute approximate surface area is 142 Å². The van der Waals surface area contributed by atoms with Gasteiger partial charge in [0.1, 0.15) is 11.5 Å². The predicted octanol–water partition coefficient (Wildman–Crippen LogP) is 3.73. The molecule has 9 heteroatoms. The Balaban J connectivity index is 2.60. The Morgan fingerprint density at radius 1 is 1.08 bits per heavy atom. The SMILES string of the molecule is CC(C)c1ccc(C(=O)O)cc1S(=O)(=O)Nc1c(F)cc(F)cc1F. The van der Waals surface area contributed by atoms with Crippen LogP contribution in [0, 0.1) is 17.5 Å². The lowest BCUT2D eigenvalue weighted by atomic mass is 10.0. The molecule has 0 radical (unpaired) electrons. The minimum absolute atomic E-state index is 0.264. The van der Waals surface area contributed by atoms with Crippen molar-refractivity contribution in [2.24, 2.45) is 0 Å². The normalized spacial score (nSPS) is 11.6. The van der Waals surface area contributed by atoms with Crippen molar-refractivity contribution < 1.29 is 31.5 Å². The highest BCUT2D eigenvalue weighted by atomic mass is 32.2. The molecule has 0 unspecified atom stereocenters. The quantitative estimate of drug-likeness (QED) is 0.837. The molecule has 25 heavy (non-hydrogen) atoms. The average molecular weight is 373 g/mol. The van der Waals surface area contributed by atoms with Gasteiger partial charge < -0.3 is 5.11 Å². The Morgan fingerprint density at radius 3 is 2.12 bits per heavy atom. The van der Waals surface area contributed by atoms with Crippen molar-refractivity contribution >= 4 is 21.7 Å². The number of carboxylic acids is 1. The Morgan fingerprint density at radius 2 is 1.64 bits per heavy atom.